The highest BCUT2D eigenvalue weighted by molar-refractivity contribution is 5.12. The molecule has 0 aliphatic heterocycles. The Hall–Kier alpha value is -1.01. The van der Waals surface area contributed by atoms with E-state index in [1.54, 1.807) is 0 Å². The summed E-state index contributed by atoms with van der Waals surface area (Å²) in [6.45, 7) is 11.1. The van der Waals surface area contributed by atoms with Gasteiger partial charge in [0.1, 0.15) is 5.82 Å². The highest BCUT2D eigenvalue weighted by Crippen LogP contribution is 2.69. The summed E-state index contributed by atoms with van der Waals surface area (Å²) in [5.74, 6) is 5.47. The minimum atomic E-state index is -0.422. The largest absolute Gasteiger partial charge is 0.390 e. The Morgan fingerprint density at radius 2 is 1.91 bits per heavy atom. The third-order valence-corrected chi connectivity index (χ3v) is 11.9. The Labute approximate surface area is 213 Å². The van der Waals surface area contributed by atoms with Crippen LogP contribution in [-0.4, -0.2) is 44.6 Å². The minimum Gasteiger partial charge on any atom is -0.390 e. The molecule has 6 heteroatoms. The molecule has 0 saturated heterocycles. The van der Waals surface area contributed by atoms with E-state index < -0.39 is 5.60 Å². The maximum atomic E-state index is 11.4. The van der Waals surface area contributed by atoms with Gasteiger partial charge in [-0.15, -0.1) is 5.10 Å². The number of rotatable bonds is 8. The highest BCUT2D eigenvalue weighted by Gasteiger charge is 2.62. The summed E-state index contributed by atoms with van der Waals surface area (Å²) in [6.07, 6.45) is 14.7. The van der Waals surface area contributed by atoms with Gasteiger partial charge in [-0.05, 0) is 134 Å². The molecule has 0 radical (unpaired) electrons. The lowest BCUT2D eigenvalue weighted by molar-refractivity contribution is -0.168. The van der Waals surface area contributed by atoms with Crippen molar-refractivity contribution in [1.82, 2.24) is 20.2 Å². The monoisotopic (exact) mass is 486 g/mol. The number of hydrogen-bond acceptors (Lipinski definition) is 5. The van der Waals surface area contributed by atoms with Crippen LogP contribution in [0.1, 0.15) is 104 Å². The molecule has 1 unspecified atom stereocenters. The predicted octanol–water partition coefficient (Wildman–Crippen LogP) is 5.82. The van der Waals surface area contributed by atoms with Crippen LogP contribution in [0.5, 0.6) is 0 Å². The van der Waals surface area contributed by atoms with Crippen LogP contribution in [0, 0.1) is 53.3 Å². The van der Waals surface area contributed by atoms with Gasteiger partial charge in [-0.2, -0.15) is 0 Å². The van der Waals surface area contributed by atoms with Crippen molar-refractivity contribution in [2.75, 3.05) is 13.7 Å². The number of fused-ring (bicyclic) bond motifs is 5. The molecule has 1 aromatic rings. The van der Waals surface area contributed by atoms with Crippen molar-refractivity contribution in [2.45, 2.75) is 117 Å². The number of aryl methyl sites for hydroxylation is 1. The second-order valence-electron chi connectivity index (χ2n) is 13.4. The first kappa shape index (κ1) is 25.6. The molecule has 198 valence electrons. The molecule has 6 nitrogen and oxygen atoms in total. The summed E-state index contributed by atoms with van der Waals surface area (Å²) in [7, 11) is 1.87. The summed E-state index contributed by atoms with van der Waals surface area (Å²) in [6, 6.07) is 0. The average molecular weight is 487 g/mol. The zero-order valence-corrected chi connectivity index (χ0v) is 23.0. The molecule has 1 aromatic heterocycles. The first-order valence-electron chi connectivity index (χ1n) is 14.7. The summed E-state index contributed by atoms with van der Waals surface area (Å²) in [5, 5.41) is 23.7. The molecule has 0 spiro atoms. The van der Waals surface area contributed by atoms with E-state index in [4.69, 9.17) is 4.74 Å². The number of aromatic nitrogens is 4. The first-order valence-corrected chi connectivity index (χ1v) is 14.7. The molecule has 4 saturated carbocycles. The Morgan fingerprint density at radius 3 is 2.63 bits per heavy atom. The van der Waals surface area contributed by atoms with Gasteiger partial charge in [0.2, 0.25) is 0 Å². The number of tetrazole rings is 1. The number of methoxy groups -OCH3 is 1. The second-order valence-corrected chi connectivity index (χ2v) is 13.4. The van der Waals surface area contributed by atoms with Crippen LogP contribution >= 0.6 is 0 Å². The van der Waals surface area contributed by atoms with Gasteiger partial charge in [0.15, 0.2) is 0 Å². The average Bonchev–Trinajstić information content (AvgIpc) is 3.40. The molecule has 4 aliphatic carbocycles. The van der Waals surface area contributed by atoms with Crippen molar-refractivity contribution in [3.63, 3.8) is 0 Å². The van der Waals surface area contributed by atoms with E-state index >= 15 is 0 Å². The van der Waals surface area contributed by atoms with Crippen molar-refractivity contribution in [2.24, 2.45) is 46.3 Å². The van der Waals surface area contributed by atoms with Crippen molar-refractivity contribution in [3.8, 4) is 0 Å². The summed E-state index contributed by atoms with van der Waals surface area (Å²) >= 11 is 0. The van der Waals surface area contributed by atoms with Gasteiger partial charge in [0.25, 0.3) is 0 Å². The molecule has 35 heavy (non-hydrogen) atoms. The molecule has 9 atom stereocenters. The van der Waals surface area contributed by atoms with Gasteiger partial charge >= 0.3 is 0 Å². The third kappa shape index (κ3) is 4.28. The van der Waals surface area contributed by atoms with Crippen molar-refractivity contribution < 1.29 is 9.84 Å². The van der Waals surface area contributed by atoms with Crippen LogP contribution in [0.2, 0.25) is 0 Å². The van der Waals surface area contributed by atoms with Gasteiger partial charge in [0, 0.05) is 20.3 Å². The lowest BCUT2D eigenvalue weighted by atomic mass is 9.42. The molecular formula is C29H50N4O2. The van der Waals surface area contributed by atoms with E-state index in [1.807, 2.05) is 18.7 Å². The molecule has 1 N–H and O–H groups in total. The fourth-order valence-corrected chi connectivity index (χ4v) is 10.4. The van der Waals surface area contributed by atoms with Crippen LogP contribution in [0.15, 0.2) is 0 Å². The van der Waals surface area contributed by atoms with Gasteiger partial charge in [-0.25, -0.2) is 4.68 Å². The van der Waals surface area contributed by atoms with E-state index in [0.29, 0.717) is 22.7 Å². The summed E-state index contributed by atoms with van der Waals surface area (Å²) in [4.78, 5) is 0. The Kier molecular flexibility index (Phi) is 7.10. The topological polar surface area (TPSA) is 73.1 Å². The Balaban J connectivity index is 1.36. The standard InChI is InChI=1S/C29H50N4O2/c1-6-12-28(34)14-15-29(16-17-35-5)22(18-28)7-8-23-25-10-9-24(27(25,4)13-11-26(23)29)20(2)19-33-21(3)30-31-32-33/h20,22-26,34H,6-19H2,1-5H3/t20?,22-,23+,24-,25+,26+,27-,28-,29-/m1/s1. The maximum absolute atomic E-state index is 11.4. The molecule has 5 rings (SSSR count). The van der Waals surface area contributed by atoms with E-state index in [0.717, 1.165) is 68.3 Å². The number of ether oxygens (including phenoxy) is 1. The van der Waals surface area contributed by atoms with E-state index in [2.05, 4.69) is 36.3 Å². The quantitative estimate of drug-likeness (QED) is 0.501. The molecule has 0 aromatic carbocycles. The van der Waals surface area contributed by atoms with Crippen LogP contribution < -0.4 is 0 Å². The second kappa shape index (κ2) is 9.70. The summed E-state index contributed by atoms with van der Waals surface area (Å²) < 4.78 is 7.71. The van der Waals surface area contributed by atoms with E-state index in [1.165, 1.54) is 51.4 Å². The predicted molar refractivity (Wildman–Crippen MR) is 138 cm³/mol. The van der Waals surface area contributed by atoms with Crippen molar-refractivity contribution in [3.05, 3.63) is 5.82 Å². The SMILES string of the molecule is CCC[C@@]1(O)CC[C@@]2(CCOC)[C@H](CC[C@H]3[C@@H]4CC[C@H](C(C)Cn5nnnc5C)[C@@]4(C)CC[C@@H]32)C1. The zero-order valence-electron chi connectivity index (χ0n) is 23.0. The van der Waals surface area contributed by atoms with Gasteiger partial charge in [-0.3, -0.25) is 0 Å². The normalized spacial score (nSPS) is 43.9. The number of aliphatic hydroxyl groups is 1. The Bertz CT molecular complexity index is 875. The van der Waals surface area contributed by atoms with Crippen LogP contribution in [0.3, 0.4) is 0 Å². The van der Waals surface area contributed by atoms with Gasteiger partial charge in [-0.1, -0.05) is 27.2 Å². The third-order valence-electron chi connectivity index (χ3n) is 11.9. The number of nitrogens with zero attached hydrogens (tertiary/aromatic N) is 4. The smallest absolute Gasteiger partial charge is 0.148 e. The summed E-state index contributed by atoms with van der Waals surface area (Å²) in [5.41, 5.74) is 0.400. The molecule has 0 bridgehead atoms. The molecule has 1 heterocycles. The fourth-order valence-electron chi connectivity index (χ4n) is 10.4. The molecule has 0 amide bonds. The Morgan fingerprint density at radius 1 is 1.09 bits per heavy atom. The fraction of sp³-hybridized carbons (Fsp3) is 0.966. The minimum absolute atomic E-state index is 0.382. The van der Waals surface area contributed by atoms with Gasteiger partial charge < -0.3 is 9.84 Å². The maximum Gasteiger partial charge on any atom is 0.148 e. The van der Waals surface area contributed by atoms with Crippen LogP contribution in [0.25, 0.3) is 0 Å². The van der Waals surface area contributed by atoms with Crippen LogP contribution in [0.4, 0.5) is 0 Å². The van der Waals surface area contributed by atoms with E-state index in [-0.39, 0.29) is 0 Å². The van der Waals surface area contributed by atoms with Gasteiger partial charge in [0.05, 0.1) is 5.60 Å². The van der Waals surface area contributed by atoms with Crippen molar-refractivity contribution in [1.29, 1.82) is 0 Å². The van der Waals surface area contributed by atoms with Crippen molar-refractivity contribution >= 4 is 0 Å². The van der Waals surface area contributed by atoms with E-state index in [9.17, 15) is 5.11 Å². The first-order chi connectivity index (χ1) is 16.8. The lowest BCUT2D eigenvalue weighted by Crippen LogP contribution is -2.57. The molecule has 4 fully saturated rings. The highest BCUT2D eigenvalue weighted by atomic mass is 16.5. The molecular weight excluding hydrogens is 436 g/mol. The zero-order chi connectivity index (χ0) is 24.8. The number of hydrogen-bond donors (Lipinski definition) is 1. The van der Waals surface area contributed by atoms with Crippen LogP contribution in [-0.2, 0) is 11.3 Å². The molecule has 4 aliphatic rings. The lowest BCUT2D eigenvalue weighted by Gasteiger charge is -2.63.